The highest BCUT2D eigenvalue weighted by molar-refractivity contribution is 5.78. The lowest BCUT2D eigenvalue weighted by Crippen LogP contribution is -2.30. The van der Waals surface area contributed by atoms with Gasteiger partial charge in [-0.1, -0.05) is 32.8 Å². The largest absolute Gasteiger partial charge is 0.352 e. The zero-order chi connectivity index (χ0) is 10.1. The van der Waals surface area contributed by atoms with Crippen molar-refractivity contribution in [1.82, 2.24) is 5.32 Å². The summed E-state index contributed by atoms with van der Waals surface area (Å²) in [6, 6.07) is 0. The predicted octanol–water partition coefficient (Wildman–Crippen LogP) is 2.51. The van der Waals surface area contributed by atoms with Gasteiger partial charge in [0, 0.05) is 12.5 Å². The number of hydrogen-bond acceptors (Lipinski definition) is 1. The fourth-order valence-electron chi connectivity index (χ4n) is 1.29. The number of nitrogens with one attached hydrogen (secondary N) is 1. The van der Waals surface area contributed by atoms with Gasteiger partial charge in [0.25, 0.3) is 0 Å². The molecule has 1 unspecified atom stereocenters. The highest BCUT2D eigenvalue weighted by Gasteiger charge is 2.13. The molecule has 1 N–H and O–H groups in total. The van der Waals surface area contributed by atoms with E-state index in [9.17, 15) is 4.79 Å². The SMILES string of the molecule is C=CCNC(=O)C(CC)CCCC. The van der Waals surface area contributed by atoms with Crippen molar-refractivity contribution in [2.75, 3.05) is 6.54 Å². The molecule has 0 fully saturated rings. The molecule has 0 spiro atoms. The molecule has 0 bridgehead atoms. The maximum Gasteiger partial charge on any atom is 0.223 e. The summed E-state index contributed by atoms with van der Waals surface area (Å²) in [7, 11) is 0. The predicted molar refractivity (Wildman–Crippen MR) is 56.5 cm³/mol. The molecular weight excluding hydrogens is 162 g/mol. The summed E-state index contributed by atoms with van der Waals surface area (Å²) in [5.41, 5.74) is 0. The van der Waals surface area contributed by atoms with Crippen LogP contribution in [0.25, 0.3) is 0 Å². The summed E-state index contributed by atoms with van der Waals surface area (Å²) < 4.78 is 0. The minimum absolute atomic E-state index is 0.177. The molecule has 13 heavy (non-hydrogen) atoms. The lowest BCUT2D eigenvalue weighted by molar-refractivity contribution is -0.125. The molecule has 0 radical (unpaired) electrons. The van der Waals surface area contributed by atoms with E-state index in [0.717, 1.165) is 25.7 Å². The number of amides is 1. The summed E-state index contributed by atoms with van der Waals surface area (Å²) in [6.07, 6.45) is 5.95. The third-order valence-electron chi connectivity index (χ3n) is 2.19. The standard InChI is InChI=1S/C11H21NO/c1-4-7-8-10(6-3)11(13)12-9-5-2/h5,10H,2,4,6-9H2,1,3H3,(H,12,13). The molecule has 1 atom stereocenters. The zero-order valence-corrected chi connectivity index (χ0v) is 8.81. The van der Waals surface area contributed by atoms with E-state index in [1.165, 1.54) is 0 Å². The summed E-state index contributed by atoms with van der Waals surface area (Å²) in [5, 5.41) is 2.84. The Labute approximate surface area is 81.4 Å². The molecule has 0 aromatic carbocycles. The van der Waals surface area contributed by atoms with Crippen molar-refractivity contribution >= 4 is 5.91 Å². The van der Waals surface area contributed by atoms with Gasteiger partial charge >= 0.3 is 0 Å². The summed E-state index contributed by atoms with van der Waals surface area (Å²) in [5.74, 6) is 0.371. The first-order valence-corrected chi connectivity index (χ1v) is 5.14. The zero-order valence-electron chi connectivity index (χ0n) is 8.81. The smallest absolute Gasteiger partial charge is 0.223 e. The maximum atomic E-state index is 11.5. The first-order valence-electron chi connectivity index (χ1n) is 5.14. The number of rotatable bonds is 7. The third kappa shape index (κ3) is 5.45. The number of hydrogen-bond donors (Lipinski definition) is 1. The van der Waals surface area contributed by atoms with Crippen LogP contribution in [0.3, 0.4) is 0 Å². The summed E-state index contributed by atoms with van der Waals surface area (Å²) in [4.78, 5) is 11.5. The molecule has 2 nitrogen and oxygen atoms in total. The van der Waals surface area contributed by atoms with E-state index >= 15 is 0 Å². The Morgan fingerprint density at radius 2 is 2.23 bits per heavy atom. The average molecular weight is 183 g/mol. The van der Waals surface area contributed by atoms with Crippen molar-refractivity contribution in [1.29, 1.82) is 0 Å². The Morgan fingerprint density at radius 3 is 2.69 bits per heavy atom. The van der Waals surface area contributed by atoms with E-state index in [1.807, 2.05) is 0 Å². The van der Waals surface area contributed by atoms with Crippen molar-refractivity contribution in [2.45, 2.75) is 39.5 Å². The van der Waals surface area contributed by atoms with Gasteiger partial charge in [-0.15, -0.1) is 6.58 Å². The highest BCUT2D eigenvalue weighted by atomic mass is 16.1. The molecule has 0 aromatic rings. The molecule has 2 heteroatoms. The van der Waals surface area contributed by atoms with Gasteiger partial charge in [0.2, 0.25) is 5.91 Å². The Balaban J connectivity index is 3.77. The Kier molecular flexibility index (Phi) is 7.36. The third-order valence-corrected chi connectivity index (χ3v) is 2.19. The van der Waals surface area contributed by atoms with Crippen molar-refractivity contribution < 1.29 is 4.79 Å². The Bertz CT molecular complexity index is 154. The van der Waals surface area contributed by atoms with Crippen molar-refractivity contribution in [3.8, 4) is 0 Å². The minimum atomic E-state index is 0.177. The van der Waals surface area contributed by atoms with E-state index < -0.39 is 0 Å². The molecule has 0 aliphatic rings. The van der Waals surface area contributed by atoms with Gasteiger partial charge < -0.3 is 5.32 Å². The Morgan fingerprint density at radius 1 is 1.54 bits per heavy atom. The topological polar surface area (TPSA) is 29.1 Å². The van der Waals surface area contributed by atoms with E-state index in [0.29, 0.717) is 6.54 Å². The molecule has 1 amide bonds. The molecule has 0 aromatic heterocycles. The van der Waals surface area contributed by atoms with Crippen LogP contribution >= 0.6 is 0 Å². The lowest BCUT2D eigenvalue weighted by atomic mass is 9.98. The molecule has 0 aliphatic heterocycles. The van der Waals surface area contributed by atoms with E-state index in [-0.39, 0.29) is 11.8 Å². The minimum Gasteiger partial charge on any atom is -0.352 e. The van der Waals surface area contributed by atoms with Crippen LogP contribution in [0.1, 0.15) is 39.5 Å². The molecule has 0 aliphatic carbocycles. The van der Waals surface area contributed by atoms with Crippen LogP contribution in [0, 0.1) is 5.92 Å². The fourth-order valence-corrected chi connectivity index (χ4v) is 1.29. The fraction of sp³-hybridized carbons (Fsp3) is 0.727. The van der Waals surface area contributed by atoms with E-state index in [1.54, 1.807) is 6.08 Å². The van der Waals surface area contributed by atoms with Gasteiger partial charge in [-0.2, -0.15) is 0 Å². The molecular formula is C11H21NO. The van der Waals surface area contributed by atoms with Gasteiger partial charge in [0.15, 0.2) is 0 Å². The monoisotopic (exact) mass is 183 g/mol. The van der Waals surface area contributed by atoms with Gasteiger partial charge in [0.05, 0.1) is 0 Å². The van der Waals surface area contributed by atoms with Crippen LogP contribution in [0.5, 0.6) is 0 Å². The quantitative estimate of drug-likeness (QED) is 0.604. The van der Waals surface area contributed by atoms with Gasteiger partial charge in [-0.25, -0.2) is 0 Å². The first kappa shape index (κ1) is 12.2. The molecule has 0 rings (SSSR count). The van der Waals surface area contributed by atoms with Crippen LogP contribution in [0.4, 0.5) is 0 Å². The van der Waals surface area contributed by atoms with Crippen LogP contribution in [0.15, 0.2) is 12.7 Å². The van der Waals surface area contributed by atoms with Crippen molar-refractivity contribution in [2.24, 2.45) is 5.92 Å². The summed E-state index contributed by atoms with van der Waals surface area (Å²) >= 11 is 0. The first-order chi connectivity index (χ1) is 6.26. The van der Waals surface area contributed by atoms with Crippen LogP contribution in [0.2, 0.25) is 0 Å². The molecule has 76 valence electrons. The second-order valence-corrected chi connectivity index (χ2v) is 3.28. The van der Waals surface area contributed by atoms with Gasteiger partial charge in [-0.3, -0.25) is 4.79 Å². The number of carbonyl (C=O) groups is 1. The number of carbonyl (C=O) groups excluding carboxylic acids is 1. The van der Waals surface area contributed by atoms with Gasteiger partial charge in [-0.05, 0) is 12.8 Å². The second kappa shape index (κ2) is 7.84. The second-order valence-electron chi connectivity index (χ2n) is 3.28. The average Bonchev–Trinajstić information content (AvgIpc) is 2.16. The summed E-state index contributed by atoms with van der Waals surface area (Å²) in [6.45, 7) is 8.36. The normalized spacial score (nSPS) is 12.2. The van der Waals surface area contributed by atoms with E-state index in [4.69, 9.17) is 0 Å². The molecule has 0 saturated carbocycles. The lowest BCUT2D eigenvalue weighted by Gasteiger charge is -2.13. The molecule has 0 saturated heterocycles. The van der Waals surface area contributed by atoms with Gasteiger partial charge in [0.1, 0.15) is 0 Å². The van der Waals surface area contributed by atoms with Crippen LogP contribution in [-0.4, -0.2) is 12.5 Å². The highest BCUT2D eigenvalue weighted by Crippen LogP contribution is 2.12. The van der Waals surface area contributed by atoms with Crippen molar-refractivity contribution in [3.05, 3.63) is 12.7 Å². The van der Waals surface area contributed by atoms with Crippen LogP contribution < -0.4 is 5.32 Å². The Hall–Kier alpha value is -0.790. The number of unbranched alkanes of at least 4 members (excludes halogenated alkanes) is 1. The maximum absolute atomic E-state index is 11.5. The van der Waals surface area contributed by atoms with Crippen LogP contribution in [-0.2, 0) is 4.79 Å². The van der Waals surface area contributed by atoms with Crippen molar-refractivity contribution in [3.63, 3.8) is 0 Å². The molecule has 0 heterocycles. The van der Waals surface area contributed by atoms with E-state index in [2.05, 4.69) is 25.7 Å².